The first-order valence-electron chi connectivity index (χ1n) is 8.98. The number of hydrazone groups is 1. The molecule has 1 aliphatic rings. The van der Waals surface area contributed by atoms with Crippen molar-refractivity contribution in [1.29, 1.82) is 0 Å². The van der Waals surface area contributed by atoms with E-state index in [9.17, 15) is 25.2 Å². The van der Waals surface area contributed by atoms with Crippen LogP contribution in [0.3, 0.4) is 0 Å². The van der Waals surface area contributed by atoms with Gasteiger partial charge in [-0.3, -0.25) is 14.3 Å². The number of imidazole rings is 1. The molecular weight excluding hydrogens is 434 g/mol. The normalized spacial score (nSPS) is 23.7. The molecule has 0 radical (unpaired) electrons. The van der Waals surface area contributed by atoms with Crippen LogP contribution in [0.1, 0.15) is 11.8 Å². The third-order valence-corrected chi connectivity index (χ3v) is 4.93. The summed E-state index contributed by atoms with van der Waals surface area (Å²) in [7, 11) is 0. The average molecular weight is 452 g/mol. The Bertz CT molecular complexity index is 1210. The number of nitrogens with zero attached hydrogens (tertiary/aromatic N) is 4. The minimum absolute atomic E-state index is 0.0422. The van der Waals surface area contributed by atoms with Gasteiger partial charge in [-0.25, -0.2) is 10.4 Å². The highest BCUT2D eigenvalue weighted by Crippen LogP contribution is 2.34. The minimum Gasteiger partial charge on any atom is -0.507 e. The van der Waals surface area contributed by atoms with Crippen LogP contribution in [0.4, 0.5) is 11.9 Å². The maximum atomic E-state index is 12.3. The summed E-state index contributed by atoms with van der Waals surface area (Å²) in [4.78, 5) is 22.7. The fourth-order valence-electron chi connectivity index (χ4n) is 3.20. The van der Waals surface area contributed by atoms with Crippen molar-refractivity contribution in [2.45, 2.75) is 24.5 Å². The lowest BCUT2D eigenvalue weighted by Crippen LogP contribution is -2.33. The molecule has 0 aliphatic carbocycles. The van der Waals surface area contributed by atoms with Crippen molar-refractivity contribution in [3.05, 3.63) is 39.1 Å². The second-order valence-corrected chi connectivity index (χ2v) is 7.17. The van der Waals surface area contributed by atoms with E-state index in [1.807, 2.05) is 0 Å². The first-order valence-corrected chi connectivity index (χ1v) is 9.35. The number of fused-ring (bicyclic) bond motifs is 1. The van der Waals surface area contributed by atoms with Gasteiger partial charge in [0.25, 0.3) is 5.56 Å². The maximum absolute atomic E-state index is 12.3. The molecule has 1 aromatic carbocycles. The Hall–Kier alpha value is -3.23. The van der Waals surface area contributed by atoms with E-state index in [1.165, 1.54) is 29.0 Å². The summed E-state index contributed by atoms with van der Waals surface area (Å²) < 4.78 is 6.73. The number of nitrogens with two attached hydrogens (primary N) is 1. The summed E-state index contributed by atoms with van der Waals surface area (Å²) in [5.41, 5.74) is 7.71. The number of aromatic hydroxyl groups is 1. The van der Waals surface area contributed by atoms with Gasteiger partial charge in [0.05, 0.1) is 12.8 Å². The van der Waals surface area contributed by atoms with Crippen molar-refractivity contribution in [1.82, 2.24) is 19.5 Å². The first-order chi connectivity index (χ1) is 14.8. The van der Waals surface area contributed by atoms with Gasteiger partial charge in [-0.15, -0.1) is 0 Å². The van der Waals surface area contributed by atoms with E-state index < -0.39 is 36.7 Å². The number of hydrogen-bond acceptors (Lipinski definition) is 11. The maximum Gasteiger partial charge on any atom is 0.280 e. The van der Waals surface area contributed by atoms with E-state index in [2.05, 4.69) is 25.5 Å². The smallest absolute Gasteiger partial charge is 0.280 e. The number of phenolic OH excluding ortho intramolecular Hbond substituents is 1. The number of phenols is 1. The van der Waals surface area contributed by atoms with Gasteiger partial charge < -0.3 is 30.9 Å². The molecule has 8 N–H and O–H groups in total. The second kappa shape index (κ2) is 8.13. The third-order valence-electron chi connectivity index (χ3n) is 4.70. The molecule has 1 saturated heterocycles. The Morgan fingerprint density at radius 1 is 1.35 bits per heavy atom. The molecule has 0 bridgehead atoms. The lowest BCUT2D eigenvalue weighted by Gasteiger charge is -2.18. The molecule has 3 aromatic rings. The largest absolute Gasteiger partial charge is 0.507 e. The van der Waals surface area contributed by atoms with E-state index >= 15 is 0 Å². The van der Waals surface area contributed by atoms with Crippen molar-refractivity contribution in [3.63, 3.8) is 0 Å². The highest BCUT2D eigenvalue weighted by molar-refractivity contribution is 6.30. The van der Waals surface area contributed by atoms with E-state index in [0.29, 0.717) is 10.6 Å². The average Bonchev–Trinajstić information content (AvgIpc) is 3.22. The Balaban J connectivity index is 1.77. The van der Waals surface area contributed by atoms with Gasteiger partial charge in [0.1, 0.15) is 24.1 Å². The molecule has 1 fully saturated rings. The molecule has 2 aromatic heterocycles. The summed E-state index contributed by atoms with van der Waals surface area (Å²) in [5, 5.41) is 44.2. The Morgan fingerprint density at radius 2 is 2.13 bits per heavy atom. The van der Waals surface area contributed by atoms with Gasteiger partial charge in [0.2, 0.25) is 11.9 Å². The topological polar surface area (TPSA) is 204 Å². The summed E-state index contributed by atoms with van der Waals surface area (Å²) in [6.45, 7) is -0.549. The summed E-state index contributed by atoms with van der Waals surface area (Å²) >= 11 is 5.91. The number of H-pyrrole nitrogens is 1. The number of ether oxygens (including phenoxy) is 1. The highest BCUT2D eigenvalue weighted by atomic mass is 35.5. The van der Waals surface area contributed by atoms with Crippen molar-refractivity contribution in [2.75, 3.05) is 17.8 Å². The zero-order chi connectivity index (χ0) is 22.3. The Morgan fingerprint density at radius 3 is 2.84 bits per heavy atom. The molecule has 3 heterocycles. The first kappa shape index (κ1) is 21.0. The van der Waals surface area contributed by atoms with E-state index in [-0.39, 0.29) is 28.8 Å². The number of benzene rings is 1. The number of aliphatic hydroxyl groups is 3. The Kier molecular flexibility index (Phi) is 5.51. The summed E-state index contributed by atoms with van der Waals surface area (Å²) in [6.07, 6.45) is -3.95. The molecule has 164 valence electrons. The fourth-order valence-corrected chi connectivity index (χ4v) is 3.38. The van der Waals surface area contributed by atoms with Crippen LogP contribution in [-0.2, 0) is 4.74 Å². The van der Waals surface area contributed by atoms with E-state index in [0.717, 1.165) is 0 Å². The van der Waals surface area contributed by atoms with Gasteiger partial charge in [-0.2, -0.15) is 10.1 Å². The van der Waals surface area contributed by atoms with Gasteiger partial charge in [-0.05, 0) is 18.2 Å². The minimum atomic E-state index is -1.47. The molecule has 0 spiro atoms. The zero-order valence-corrected chi connectivity index (χ0v) is 16.4. The molecule has 1 aliphatic heterocycles. The van der Waals surface area contributed by atoms with Gasteiger partial charge in [-0.1, -0.05) is 11.6 Å². The number of rotatable bonds is 5. The predicted molar refractivity (Wildman–Crippen MR) is 110 cm³/mol. The molecule has 4 atom stereocenters. The Labute approximate surface area is 178 Å². The predicted octanol–water partition coefficient (Wildman–Crippen LogP) is -0.882. The number of hydrogen-bond donors (Lipinski definition) is 7. The highest BCUT2D eigenvalue weighted by Gasteiger charge is 2.45. The lowest BCUT2D eigenvalue weighted by molar-refractivity contribution is -0.0501. The number of anilines is 2. The number of aromatic amines is 1. The number of halogens is 1. The van der Waals surface area contributed by atoms with Gasteiger partial charge >= 0.3 is 0 Å². The van der Waals surface area contributed by atoms with Crippen molar-refractivity contribution in [3.8, 4) is 5.75 Å². The van der Waals surface area contributed by atoms with Crippen LogP contribution < -0.4 is 16.7 Å². The van der Waals surface area contributed by atoms with Gasteiger partial charge in [0.15, 0.2) is 17.4 Å². The van der Waals surface area contributed by atoms with Crippen LogP contribution in [0.15, 0.2) is 28.1 Å². The van der Waals surface area contributed by atoms with E-state index in [1.54, 1.807) is 0 Å². The monoisotopic (exact) mass is 451 g/mol. The van der Waals surface area contributed by atoms with Crippen LogP contribution in [0.2, 0.25) is 5.02 Å². The van der Waals surface area contributed by atoms with E-state index in [4.69, 9.17) is 22.1 Å². The second-order valence-electron chi connectivity index (χ2n) is 6.73. The molecule has 0 unspecified atom stereocenters. The molecule has 4 rings (SSSR count). The standard InChI is InChI=1S/C17H18ClN7O6/c18-7-1-2-8(27)6(3-7)4-20-24-17-21-10-13(22-16(19)23-14(10)30)25(17)15-12(29)11(28)9(5-26)31-15/h1-4,9,11-12,15,26-29H,5H2,(H,21,24)(H3,19,22,23,30)/b20-4-/t9-,11+,12-,15-/m0/s1. The number of aromatic nitrogens is 4. The third kappa shape index (κ3) is 3.80. The van der Waals surface area contributed by atoms with Crippen LogP contribution in [0.25, 0.3) is 11.2 Å². The van der Waals surface area contributed by atoms with Gasteiger partial charge in [0, 0.05) is 10.6 Å². The number of nitrogen functional groups attached to an aromatic ring is 1. The number of aliphatic hydroxyl groups excluding tert-OH is 3. The quantitative estimate of drug-likeness (QED) is 0.188. The molecule has 0 amide bonds. The van der Waals surface area contributed by atoms with Crippen LogP contribution in [0.5, 0.6) is 5.75 Å². The molecule has 13 nitrogen and oxygen atoms in total. The van der Waals surface area contributed by atoms with Crippen molar-refractivity contribution >= 4 is 40.9 Å². The van der Waals surface area contributed by atoms with Crippen LogP contribution in [-0.4, -0.2) is 71.1 Å². The summed E-state index contributed by atoms with van der Waals surface area (Å²) in [6, 6.07) is 4.37. The molecule has 0 saturated carbocycles. The van der Waals surface area contributed by atoms with Crippen molar-refractivity contribution in [2.24, 2.45) is 5.10 Å². The lowest BCUT2D eigenvalue weighted by atomic mass is 10.1. The number of nitrogens with one attached hydrogen (secondary N) is 2. The van der Waals surface area contributed by atoms with Crippen molar-refractivity contribution < 1.29 is 25.2 Å². The molecule has 14 heteroatoms. The SMILES string of the molecule is Nc1nc2c(nc(N/N=C\c3cc(Cl)ccc3O)n2[C@H]2O[C@@H](CO)[C@@H](O)[C@@H]2O)c(=O)[nH]1. The molecular formula is C17H18ClN7O6. The zero-order valence-electron chi connectivity index (χ0n) is 15.7. The van der Waals surface area contributed by atoms with Crippen LogP contribution in [0, 0.1) is 0 Å². The summed E-state index contributed by atoms with van der Waals surface area (Å²) in [5.74, 6) is -0.353. The van der Waals surface area contributed by atoms with Crippen LogP contribution >= 0.6 is 11.6 Å². The molecule has 31 heavy (non-hydrogen) atoms. The fraction of sp³-hybridized carbons (Fsp3) is 0.294.